The Bertz CT molecular complexity index is 273. The van der Waals surface area contributed by atoms with Crippen LogP contribution in [-0.4, -0.2) is 0 Å². The number of unbranched alkanes of at least 4 members (excludes halogenated alkanes) is 3. The quantitative estimate of drug-likeness (QED) is 0.608. The molecule has 1 rings (SSSR count). The van der Waals surface area contributed by atoms with Crippen molar-refractivity contribution in [3.05, 3.63) is 41.8 Å². The second-order valence-corrected chi connectivity index (χ2v) is 4.09. The Morgan fingerprint density at radius 1 is 1.07 bits per heavy atom. The van der Waals surface area contributed by atoms with Gasteiger partial charge in [0.1, 0.15) is 0 Å². The molecule has 0 aliphatic rings. The maximum atomic E-state index is 3.86. The fraction of sp³-hybridized carbons (Fsp3) is 0.500. The van der Waals surface area contributed by atoms with Crippen LogP contribution in [0.2, 0.25) is 0 Å². The van der Waals surface area contributed by atoms with Crippen molar-refractivity contribution in [1.82, 2.24) is 0 Å². The molecule has 0 nitrogen and oxygen atoms in total. The Balaban J connectivity index is 2.45. The van der Waals surface area contributed by atoms with Gasteiger partial charge in [-0.25, -0.2) is 0 Å². The summed E-state index contributed by atoms with van der Waals surface area (Å²) in [5, 5.41) is 0. The zero-order valence-electron chi connectivity index (χ0n) is 9.47. The van der Waals surface area contributed by atoms with Gasteiger partial charge in [-0.1, -0.05) is 49.9 Å². The van der Waals surface area contributed by atoms with Crippen LogP contribution in [0, 0.1) is 20.8 Å². The summed E-state index contributed by atoms with van der Waals surface area (Å²) in [6.45, 7) is 8.23. The average Bonchev–Trinajstić information content (AvgIpc) is 2.18. The topological polar surface area (TPSA) is 0 Å². The fourth-order valence-electron chi connectivity index (χ4n) is 1.74. The zero-order valence-corrected chi connectivity index (χ0v) is 9.47. The standard InChI is InChI=1S/C14H21/c1-4-5-6-7-8-14-11-12(2)9-10-13(14)3/h9-11H,1,4-8H2,2-3H3. The van der Waals surface area contributed by atoms with E-state index in [-0.39, 0.29) is 0 Å². The van der Waals surface area contributed by atoms with Crippen molar-refractivity contribution in [3.8, 4) is 0 Å². The highest BCUT2D eigenvalue weighted by molar-refractivity contribution is 5.30. The van der Waals surface area contributed by atoms with Crippen LogP contribution in [0.4, 0.5) is 0 Å². The van der Waals surface area contributed by atoms with Gasteiger partial charge in [0.25, 0.3) is 0 Å². The number of aryl methyl sites for hydroxylation is 3. The molecule has 0 unspecified atom stereocenters. The van der Waals surface area contributed by atoms with Crippen molar-refractivity contribution >= 4 is 0 Å². The van der Waals surface area contributed by atoms with Crippen LogP contribution in [0.3, 0.4) is 0 Å². The van der Waals surface area contributed by atoms with Crippen molar-refractivity contribution in [2.45, 2.75) is 46.0 Å². The van der Waals surface area contributed by atoms with Gasteiger partial charge in [-0.15, -0.1) is 0 Å². The van der Waals surface area contributed by atoms with Crippen molar-refractivity contribution in [2.24, 2.45) is 0 Å². The lowest BCUT2D eigenvalue weighted by atomic mass is 10.00. The van der Waals surface area contributed by atoms with Gasteiger partial charge in [-0.05, 0) is 37.8 Å². The summed E-state index contributed by atoms with van der Waals surface area (Å²) in [4.78, 5) is 0. The Labute approximate surface area is 88.4 Å². The highest BCUT2D eigenvalue weighted by Gasteiger charge is 1.98. The highest BCUT2D eigenvalue weighted by atomic mass is 14.0. The molecule has 0 heterocycles. The van der Waals surface area contributed by atoms with Crippen LogP contribution >= 0.6 is 0 Å². The Morgan fingerprint density at radius 2 is 1.86 bits per heavy atom. The van der Waals surface area contributed by atoms with Crippen LogP contribution in [-0.2, 0) is 6.42 Å². The number of rotatable bonds is 5. The van der Waals surface area contributed by atoms with Gasteiger partial charge < -0.3 is 0 Å². The van der Waals surface area contributed by atoms with E-state index in [1.807, 2.05) is 0 Å². The SMILES string of the molecule is [CH2]CCCCCc1cc(C)ccc1C. The molecule has 0 spiro atoms. The number of hydrogen-bond acceptors (Lipinski definition) is 0. The molecule has 0 aliphatic heterocycles. The van der Waals surface area contributed by atoms with Crippen molar-refractivity contribution < 1.29 is 0 Å². The molecular weight excluding hydrogens is 168 g/mol. The summed E-state index contributed by atoms with van der Waals surface area (Å²) in [5.41, 5.74) is 4.34. The Kier molecular flexibility index (Phi) is 4.72. The maximum Gasteiger partial charge on any atom is -0.0276 e. The molecule has 0 fully saturated rings. The monoisotopic (exact) mass is 189 g/mol. The summed E-state index contributed by atoms with van der Waals surface area (Å²) in [6, 6.07) is 6.74. The second kappa shape index (κ2) is 5.85. The molecule has 0 aliphatic carbocycles. The first kappa shape index (κ1) is 11.3. The zero-order chi connectivity index (χ0) is 10.4. The molecule has 1 aromatic carbocycles. The van der Waals surface area contributed by atoms with E-state index >= 15 is 0 Å². The molecule has 0 bridgehead atoms. The van der Waals surface area contributed by atoms with Gasteiger partial charge in [0.2, 0.25) is 0 Å². The van der Waals surface area contributed by atoms with Crippen LogP contribution < -0.4 is 0 Å². The second-order valence-electron chi connectivity index (χ2n) is 4.09. The lowest BCUT2D eigenvalue weighted by Gasteiger charge is -2.06. The molecule has 0 saturated carbocycles. The van der Waals surface area contributed by atoms with Crippen LogP contribution in [0.15, 0.2) is 18.2 Å². The number of hydrogen-bond donors (Lipinski definition) is 0. The van der Waals surface area contributed by atoms with Crippen molar-refractivity contribution in [3.63, 3.8) is 0 Å². The fourth-order valence-corrected chi connectivity index (χ4v) is 1.74. The molecule has 0 N–H and O–H groups in total. The predicted octanol–water partition coefficient (Wildman–Crippen LogP) is 4.24. The van der Waals surface area contributed by atoms with Gasteiger partial charge in [0.15, 0.2) is 0 Å². The van der Waals surface area contributed by atoms with Crippen molar-refractivity contribution in [2.75, 3.05) is 0 Å². The van der Waals surface area contributed by atoms with Crippen molar-refractivity contribution in [1.29, 1.82) is 0 Å². The minimum absolute atomic E-state index is 1.08. The summed E-state index contributed by atoms with van der Waals surface area (Å²) >= 11 is 0. The van der Waals surface area contributed by atoms with E-state index in [2.05, 4.69) is 39.0 Å². The first-order chi connectivity index (χ1) is 6.74. The van der Waals surface area contributed by atoms with Gasteiger partial charge >= 0.3 is 0 Å². The molecule has 0 amide bonds. The Hall–Kier alpha value is -0.780. The summed E-state index contributed by atoms with van der Waals surface area (Å²) < 4.78 is 0. The van der Waals surface area contributed by atoms with E-state index in [0.717, 1.165) is 6.42 Å². The third-order valence-electron chi connectivity index (χ3n) is 2.70. The van der Waals surface area contributed by atoms with Gasteiger partial charge in [-0.3, -0.25) is 0 Å². The molecular formula is C14H21. The predicted molar refractivity (Wildman–Crippen MR) is 63.4 cm³/mol. The van der Waals surface area contributed by atoms with E-state index < -0.39 is 0 Å². The molecule has 0 aromatic heterocycles. The Morgan fingerprint density at radius 3 is 2.57 bits per heavy atom. The lowest BCUT2D eigenvalue weighted by molar-refractivity contribution is 0.684. The molecule has 14 heavy (non-hydrogen) atoms. The summed E-state index contributed by atoms with van der Waals surface area (Å²) in [6.07, 6.45) is 6.20. The van der Waals surface area contributed by atoms with Crippen LogP contribution in [0.1, 0.15) is 42.4 Å². The smallest absolute Gasteiger partial charge is 0.0276 e. The average molecular weight is 189 g/mol. The molecule has 1 radical (unpaired) electrons. The van der Waals surface area contributed by atoms with E-state index in [1.54, 1.807) is 0 Å². The largest absolute Gasteiger partial charge is 0.0590 e. The van der Waals surface area contributed by atoms with Gasteiger partial charge in [0, 0.05) is 0 Å². The minimum atomic E-state index is 1.08. The maximum absolute atomic E-state index is 3.86. The first-order valence-electron chi connectivity index (χ1n) is 5.59. The van der Waals surface area contributed by atoms with E-state index in [1.165, 1.54) is 42.4 Å². The molecule has 0 saturated heterocycles. The minimum Gasteiger partial charge on any atom is -0.0590 e. The first-order valence-corrected chi connectivity index (χ1v) is 5.59. The summed E-state index contributed by atoms with van der Waals surface area (Å²) in [5.74, 6) is 0. The molecule has 0 heteroatoms. The lowest BCUT2D eigenvalue weighted by Crippen LogP contribution is -1.91. The third-order valence-corrected chi connectivity index (χ3v) is 2.70. The van der Waals surface area contributed by atoms with Gasteiger partial charge in [0.05, 0.1) is 0 Å². The normalized spacial score (nSPS) is 10.5. The van der Waals surface area contributed by atoms with E-state index in [9.17, 15) is 0 Å². The number of benzene rings is 1. The van der Waals surface area contributed by atoms with E-state index in [0.29, 0.717) is 0 Å². The van der Waals surface area contributed by atoms with Crippen LogP contribution in [0.25, 0.3) is 0 Å². The molecule has 0 atom stereocenters. The highest BCUT2D eigenvalue weighted by Crippen LogP contribution is 2.14. The van der Waals surface area contributed by atoms with Crippen LogP contribution in [0.5, 0.6) is 0 Å². The van der Waals surface area contributed by atoms with Gasteiger partial charge in [-0.2, -0.15) is 0 Å². The molecule has 77 valence electrons. The summed E-state index contributed by atoms with van der Waals surface area (Å²) in [7, 11) is 0. The van der Waals surface area contributed by atoms with E-state index in [4.69, 9.17) is 0 Å². The molecule has 1 aromatic rings. The third kappa shape index (κ3) is 3.53.